The maximum Gasteiger partial charge on any atom is 0.334 e. The molecule has 0 saturated heterocycles. The Morgan fingerprint density at radius 3 is 2.48 bits per heavy atom. The number of ether oxygens (including phenoxy) is 2. The van der Waals surface area contributed by atoms with Crippen LogP contribution in [-0.4, -0.2) is 25.2 Å². The molecule has 2 atom stereocenters. The molecule has 0 heterocycles. The average Bonchev–Trinajstić information content (AvgIpc) is 3.23. The maximum atomic E-state index is 12.6. The van der Waals surface area contributed by atoms with Gasteiger partial charge in [-0.05, 0) is 24.5 Å². The lowest BCUT2D eigenvalue weighted by atomic mass is 9.91. The second kappa shape index (κ2) is 7.51. The zero-order valence-corrected chi connectivity index (χ0v) is 14.4. The first-order valence-corrected chi connectivity index (χ1v) is 8.55. The Hall–Kier alpha value is -2.62. The number of benzene rings is 1. The minimum Gasteiger partial charge on any atom is -0.462 e. The molecule has 25 heavy (non-hydrogen) atoms. The van der Waals surface area contributed by atoms with Crippen LogP contribution < -0.4 is 0 Å². The predicted octanol–water partition coefficient (Wildman–Crippen LogP) is 3.70. The van der Waals surface area contributed by atoms with Crippen molar-refractivity contribution in [1.82, 2.24) is 0 Å². The van der Waals surface area contributed by atoms with Crippen molar-refractivity contribution in [2.75, 3.05) is 13.2 Å². The first kappa shape index (κ1) is 17.2. The van der Waals surface area contributed by atoms with Gasteiger partial charge in [-0.25, -0.2) is 9.59 Å². The van der Waals surface area contributed by atoms with Crippen LogP contribution in [0.3, 0.4) is 0 Å². The van der Waals surface area contributed by atoms with Gasteiger partial charge < -0.3 is 9.47 Å². The highest BCUT2D eigenvalue weighted by atomic mass is 16.5. The molecular formula is C21H22O4. The number of esters is 2. The van der Waals surface area contributed by atoms with Gasteiger partial charge >= 0.3 is 11.9 Å². The summed E-state index contributed by atoms with van der Waals surface area (Å²) in [5.74, 6) is -0.235. The molecule has 0 fully saturated rings. The summed E-state index contributed by atoms with van der Waals surface area (Å²) < 4.78 is 10.4. The lowest BCUT2D eigenvalue weighted by molar-refractivity contribution is -0.141. The SMILES string of the molecule is C=C(C)C(=O)OCCCOC(=O)C1=C(c2ccccc2)C2C=CC1C2. The fourth-order valence-corrected chi connectivity index (χ4v) is 3.36. The van der Waals surface area contributed by atoms with Gasteiger partial charge in [0.2, 0.25) is 0 Å². The lowest BCUT2D eigenvalue weighted by Crippen LogP contribution is -2.16. The molecule has 0 N–H and O–H groups in total. The Morgan fingerprint density at radius 2 is 1.76 bits per heavy atom. The van der Waals surface area contributed by atoms with E-state index >= 15 is 0 Å². The Kier molecular flexibility index (Phi) is 5.17. The average molecular weight is 338 g/mol. The molecule has 0 spiro atoms. The van der Waals surface area contributed by atoms with E-state index in [1.165, 1.54) is 0 Å². The topological polar surface area (TPSA) is 52.6 Å². The Bertz CT molecular complexity index is 742. The summed E-state index contributed by atoms with van der Waals surface area (Å²) in [4.78, 5) is 23.9. The van der Waals surface area contributed by atoms with Gasteiger partial charge in [-0.3, -0.25) is 0 Å². The van der Waals surface area contributed by atoms with E-state index in [2.05, 4.69) is 18.7 Å². The Morgan fingerprint density at radius 1 is 1.08 bits per heavy atom. The minimum absolute atomic E-state index is 0.147. The van der Waals surface area contributed by atoms with E-state index in [1.807, 2.05) is 30.3 Å². The zero-order valence-electron chi connectivity index (χ0n) is 14.4. The van der Waals surface area contributed by atoms with Crippen molar-refractivity contribution in [2.45, 2.75) is 19.8 Å². The summed E-state index contributed by atoms with van der Waals surface area (Å²) in [5.41, 5.74) is 3.31. The van der Waals surface area contributed by atoms with Crippen molar-refractivity contribution >= 4 is 17.5 Å². The summed E-state index contributed by atoms with van der Waals surface area (Å²) >= 11 is 0. The lowest BCUT2D eigenvalue weighted by Gasteiger charge is -2.16. The monoisotopic (exact) mass is 338 g/mol. The van der Waals surface area contributed by atoms with Crippen LogP contribution in [0, 0.1) is 11.8 Å². The third-order valence-corrected chi connectivity index (χ3v) is 4.52. The molecule has 0 saturated carbocycles. The molecule has 2 bridgehead atoms. The van der Waals surface area contributed by atoms with E-state index in [9.17, 15) is 9.59 Å². The molecule has 130 valence electrons. The Balaban J connectivity index is 1.60. The van der Waals surface area contributed by atoms with Gasteiger partial charge in [0.25, 0.3) is 0 Å². The van der Waals surface area contributed by atoms with Crippen LogP contribution in [-0.2, 0) is 19.1 Å². The van der Waals surface area contributed by atoms with E-state index in [-0.39, 0.29) is 25.1 Å². The summed E-state index contributed by atoms with van der Waals surface area (Å²) in [7, 11) is 0. The van der Waals surface area contributed by atoms with E-state index in [4.69, 9.17) is 9.47 Å². The second-order valence-corrected chi connectivity index (χ2v) is 6.43. The van der Waals surface area contributed by atoms with Gasteiger partial charge in [0.1, 0.15) is 0 Å². The normalized spacial score (nSPS) is 20.7. The fraction of sp³-hybridized carbons (Fsp3) is 0.333. The summed E-state index contributed by atoms with van der Waals surface area (Å²) in [5, 5.41) is 0. The third-order valence-electron chi connectivity index (χ3n) is 4.52. The molecule has 2 aliphatic carbocycles. The molecule has 2 unspecified atom stereocenters. The van der Waals surface area contributed by atoms with Crippen LogP contribution in [0.25, 0.3) is 5.57 Å². The molecular weight excluding hydrogens is 316 g/mol. The van der Waals surface area contributed by atoms with Crippen LogP contribution in [0.15, 0.2) is 60.2 Å². The first-order chi connectivity index (χ1) is 12.1. The first-order valence-electron chi connectivity index (χ1n) is 8.55. The van der Waals surface area contributed by atoms with Gasteiger partial charge in [0, 0.05) is 29.4 Å². The molecule has 0 aliphatic heterocycles. The number of rotatable bonds is 7. The van der Waals surface area contributed by atoms with E-state index < -0.39 is 5.97 Å². The standard InChI is InChI=1S/C21H22O4/c1-14(2)20(22)24-11-6-12-25-21(23)19-17-10-9-16(13-17)18(19)15-7-4-3-5-8-15/h3-5,7-10,16-17H,1,6,11-13H2,2H3. The third kappa shape index (κ3) is 3.73. The van der Waals surface area contributed by atoms with Gasteiger partial charge in [0.05, 0.1) is 13.2 Å². The highest BCUT2D eigenvalue weighted by Crippen LogP contribution is 2.48. The van der Waals surface area contributed by atoms with Crippen LogP contribution >= 0.6 is 0 Å². The highest BCUT2D eigenvalue weighted by Gasteiger charge is 2.39. The number of hydrogen-bond donors (Lipinski definition) is 0. The molecule has 4 heteroatoms. The number of carbonyl (C=O) groups excluding carboxylic acids is 2. The van der Waals surface area contributed by atoms with Crippen molar-refractivity contribution in [3.8, 4) is 0 Å². The van der Waals surface area contributed by atoms with Crippen LogP contribution in [0.1, 0.15) is 25.3 Å². The van der Waals surface area contributed by atoms with Crippen LogP contribution in [0.2, 0.25) is 0 Å². The predicted molar refractivity (Wildman–Crippen MR) is 95.4 cm³/mol. The van der Waals surface area contributed by atoms with Crippen LogP contribution in [0.4, 0.5) is 0 Å². The minimum atomic E-state index is -0.418. The molecule has 0 radical (unpaired) electrons. The second-order valence-electron chi connectivity index (χ2n) is 6.43. The molecule has 2 aliphatic rings. The zero-order chi connectivity index (χ0) is 17.8. The molecule has 4 nitrogen and oxygen atoms in total. The largest absolute Gasteiger partial charge is 0.462 e. The van der Waals surface area contributed by atoms with Gasteiger partial charge in [-0.1, -0.05) is 49.1 Å². The Labute approximate surface area is 147 Å². The van der Waals surface area contributed by atoms with Crippen molar-refractivity contribution in [2.24, 2.45) is 11.8 Å². The maximum absolute atomic E-state index is 12.6. The smallest absolute Gasteiger partial charge is 0.334 e. The summed E-state index contributed by atoms with van der Waals surface area (Å²) in [6.07, 6.45) is 5.71. The highest BCUT2D eigenvalue weighted by molar-refractivity contribution is 6.01. The van der Waals surface area contributed by atoms with Gasteiger partial charge in [0.15, 0.2) is 0 Å². The number of allylic oxidation sites excluding steroid dienone is 3. The van der Waals surface area contributed by atoms with E-state index in [1.54, 1.807) is 6.92 Å². The van der Waals surface area contributed by atoms with E-state index in [0.29, 0.717) is 17.9 Å². The van der Waals surface area contributed by atoms with Crippen molar-refractivity contribution in [3.05, 3.63) is 65.8 Å². The van der Waals surface area contributed by atoms with Gasteiger partial charge in [-0.15, -0.1) is 0 Å². The summed E-state index contributed by atoms with van der Waals surface area (Å²) in [6, 6.07) is 10.0. The molecule has 3 rings (SSSR count). The molecule has 0 aromatic heterocycles. The number of hydrogen-bond acceptors (Lipinski definition) is 4. The number of carbonyl (C=O) groups is 2. The van der Waals surface area contributed by atoms with Crippen molar-refractivity contribution < 1.29 is 19.1 Å². The van der Waals surface area contributed by atoms with Crippen molar-refractivity contribution in [3.63, 3.8) is 0 Å². The molecule has 1 aromatic carbocycles. The van der Waals surface area contributed by atoms with E-state index in [0.717, 1.165) is 23.1 Å². The van der Waals surface area contributed by atoms with Crippen molar-refractivity contribution in [1.29, 1.82) is 0 Å². The quantitative estimate of drug-likeness (QED) is 0.329. The summed E-state index contributed by atoms with van der Waals surface area (Å²) in [6.45, 7) is 5.57. The number of fused-ring (bicyclic) bond motifs is 2. The molecule has 0 amide bonds. The fourth-order valence-electron chi connectivity index (χ4n) is 3.36. The molecule has 1 aromatic rings. The van der Waals surface area contributed by atoms with Crippen LogP contribution in [0.5, 0.6) is 0 Å². The van der Waals surface area contributed by atoms with Gasteiger partial charge in [-0.2, -0.15) is 0 Å².